The largest absolute Gasteiger partial charge is 0.370 e. The summed E-state index contributed by atoms with van der Waals surface area (Å²) in [4.78, 5) is 2.16. The van der Waals surface area contributed by atoms with Crippen LogP contribution >= 0.6 is 0 Å². The molecule has 0 saturated carbocycles. The van der Waals surface area contributed by atoms with Gasteiger partial charge in [-0.1, -0.05) is 6.07 Å². The highest BCUT2D eigenvalue weighted by molar-refractivity contribution is 5.47. The van der Waals surface area contributed by atoms with Gasteiger partial charge < -0.3 is 10.6 Å². The van der Waals surface area contributed by atoms with Gasteiger partial charge >= 0.3 is 0 Å². The van der Waals surface area contributed by atoms with Crippen LogP contribution in [-0.4, -0.2) is 18.6 Å². The second-order valence-corrected chi connectivity index (χ2v) is 4.66. The summed E-state index contributed by atoms with van der Waals surface area (Å²) in [5.41, 5.74) is 6.90. The van der Waals surface area contributed by atoms with Crippen molar-refractivity contribution in [1.82, 2.24) is 0 Å². The van der Waals surface area contributed by atoms with E-state index in [-0.39, 0.29) is 11.4 Å². The van der Waals surface area contributed by atoms with Crippen molar-refractivity contribution >= 4 is 5.69 Å². The van der Waals surface area contributed by atoms with Crippen LogP contribution in [0.15, 0.2) is 24.3 Å². The summed E-state index contributed by atoms with van der Waals surface area (Å²) in [5, 5.41) is 0. The van der Waals surface area contributed by atoms with Crippen molar-refractivity contribution < 1.29 is 4.39 Å². The molecule has 0 aliphatic carbocycles. The molecule has 1 heterocycles. The molecule has 0 bridgehead atoms. The predicted molar refractivity (Wildman–Crippen MR) is 60.4 cm³/mol. The quantitative estimate of drug-likeness (QED) is 0.766. The smallest absolute Gasteiger partial charge is 0.125 e. The molecule has 1 aliphatic rings. The first-order valence-electron chi connectivity index (χ1n) is 5.36. The number of halogens is 1. The average molecular weight is 208 g/mol. The van der Waals surface area contributed by atoms with Crippen molar-refractivity contribution in [2.75, 3.05) is 18.0 Å². The SMILES string of the molecule is CC1(N)CCCN(c2cccc(F)c2)C1. The van der Waals surface area contributed by atoms with E-state index in [0.717, 1.165) is 31.6 Å². The number of hydrogen-bond donors (Lipinski definition) is 1. The van der Waals surface area contributed by atoms with E-state index in [9.17, 15) is 4.39 Å². The molecule has 2 nitrogen and oxygen atoms in total. The van der Waals surface area contributed by atoms with Crippen LogP contribution < -0.4 is 10.6 Å². The molecule has 1 aromatic carbocycles. The van der Waals surface area contributed by atoms with E-state index in [1.807, 2.05) is 6.07 Å². The lowest BCUT2D eigenvalue weighted by Crippen LogP contribution is -2.52. The van der Waals surface area contributed by atoms with Gasteiger partial charge in [0.25, 0.3) is 0 Å². The van der Waals surface area contributed by atoms with Crippen LogP contribution in [0.1, 0.15) is 19.8 Å². The van der Waals surface area contributed by atoms with Crippen molar-refractivity contribution in [2.45, 2.75) is 25.3 Å². The van der Waals surface area contributed by atoms with Gasteiger partial charge in [0.2, 0.25) is 0 Å². The molecule has 2 N–H and O–H groups in total. The molecular weight excluding hydrogens is 191 g/mol. The van der Waals surface area contributed by atoms with Gasteiger partial charge in [-0.2, -0.15) is 0 Å². The second kappa shape index (κ2) is 3.81. The van der Waals surface area contributed by atoms with E-state index in [1.165, 1.54) is 6.07 Å². The molecule has 1 fully saturated rings. The monoisotopic (exact) mass is 208 g/mol. The zero-order valence-electron chi connectivity index (χ0n) is 9.04. The van der Waals surface area contributed by atoms with E-state index < -0.39 is 0 Å². The second-order valence-electron chi connectivity index (χ2n) is 4.66. The minimum Gasteiger partial charge on any atom is -0.370 e. The first-order valence-corrected chi connectivity index (χ1v) is 5.36. The van der Waals surface area contributed by atoms with Gasteiger partial charge in [0, 0.05) is 24.3 Å². The van der Waals surface area contributed by atoms with Crippen LogP contribution in [0.25, 0.3) is 0 Å². The van der Waals surface area contributed by atoms with Gasteiger partial charge in [-0.15, -0.1) is 0 Å². The number of hydrogen-bond acceptors (Lipinski definition) is 2. The Balaban J connectivity index is 2.17. The van der Waals surface area contributed by atoms with Gasteiger partial charge in [0.05, 0.1) is 0 Å². The van der Waals surface area contributed by atoms with Gasteiger partial charge in [-0.3, -0.25) is 0 Å². The van der Waals surface area contributed by atoms with E-state index in [1.54, 1.807) is 12.1 Å². The minimum absolute atomic E-state index is 0.148. The highest BCUT2D eigenvalue weighted by atomic mass is 19.1. The predicted octanol–water partition coefficient (Wildman–Crippen LogP) is 2.14. The third-order valence-electron chi connectivity index (χ3n) is 2.90. The fraction of sp³-hybridized carbons (Fsp3) is 0.500. The average Bonchev–Trinajstić information content (AvgIpc) is 2.16. The Kier molecular flexibility index (Phi) is 2.65. The standard InChI is InChI=1S/C12H17FN2/c1-12(14)6-3-7-15(9-12)11-5-2-4-10(13)8-11/h2,4-5,8H,3,6-7,9,14H2,1H3. The van der Waals surface area contributed by atoms with Gasteiger partial charge in [0.15, 0.2) is 0 Å². The molecule has 1 atom stereocenters. The zero-order chi connectivity index (χ0) is 10.9. The maximum absolute atomic E-state index is 13.1. The Bertz CT molecular complexity index is 349. The van der Waals surface area contributed by atoms with Crippen molar-refractivity contribution in [3.63, 3.8) is 0 Å². The molecule has 3 heteroatoms. The molecule has 82 valence electrons. The molecule has 1 aliphatic heterocycles. The Morgan fingerprint density at radius 2 is 2.27 bits per heavy atom. The summed E-state index contributed by atoms with van der Waals surface area (Å²) in [6.45, 7) is 3.82. The third-order valence-corrected chi connectivity index (χ3v) is 2.90. The normalized spacial score (nSPS) is 26.7. The first-order chi connectivity index (χ1) is 7.07. The molecular formula is C12H17FN2. The Hall–Kier alpha value is -1.09. The van der Waals surface area contributed by atoms with Crippen LogP contribution in [0.2, 0.25) is 0 Å². The highest BCUT2D eigenvalue weighted by Crippen LogP contribution is 2.24. The molecule has 0 amide bonds. The first kappa shape index (κ1) is 10.4. The van der Waals surface area contributed by atoms with E-state index in [2.05, 4.69) is 11.8 Å². The molecule has 1 unspecified atom stereocenters. The molecule has 2 rings (SSSR count). The maximum Gasteiger partial charge on any atom is 0.125 e. The Morgan fingerprint density at radius 3 is 2.93 bits per heavy atom. The van der Waals surface area contributed by atoms with Crippen LogP contribution in [0.4, 0.5) is 10.1 Å². The molecule has 15 heavy (non-hydrogen) atoms. The lowest BCUT2D eigenvalue weighted by molar-refractivity contribution is 0.374. The number of nitrogens with zero attached hydrogens (tertiary/aromatic N) is 1. The highest BCUT2D eigenvalue weighted by Gasteiger charge is 2.26. The maximum atomic E-state index is 13.1. The number of benzene rings is 1. The van der Waals surface area contributed by atoms with Gasteiger partial charge in [-0.05, 0) is 38.0 Å². The van der Waals surface area contributed by atoms with Crippen molar-refractivity contribution in [3.8, 4) is 0 Å². The van der Waals surface area contributed by atoms with E-state index in [4.69, 9.17) is 5.73 Å². The topological polar surface area (TPSA) is 29.3 Å². The van der Waals surface area contributed by atoms with E-state index in [0.29, 0.717) is 0 Å². The Morgan fingerprint density at radius 1 is 1.47 bits per heavy atom. The number of nitrogens with two attached hydrogens (primary N) is 1. The van der Waals surface area contributed by atoms with Crippen LogP contribution in [-0.2, 0) is 0 Å². The summed E-state index contributed by atoms with van der Waals surface area (Å²) in [6.07, 6.45) is 2.11. The number of anilines is 1. The Labute approximate surface area is 89.9 Å². The molecule has 1 aromatic rings. The summed E-state index contributed by atoms with van der Waals surface area (Å²) in [5.74, 6) is -0.184. The van der Waals surface area contributed by atoms with E-state index >= 15 is 0 Å². The fourth-order valence-electron chi connectivity index (χ4n) is 2.16. The molecule has 1 saturated heterocycles. The van der Waals surface area contributed by atoms with Gasteiger partial charge in [0.1, 0.15) is 5.82 Å². The molecule has 0 radical (unpaired) electrons. The lowest BCUT2D eigenvalue weighted by atomic mass is 9.92. The van der Waals surface area contributed by atoms with Crippen LogP contribution in [0, 0.1) is 5.82 Å². The third kappa shape index (κ3) is 2.48. The summed E-state index contributed by atoms with van der Waals surface area (Å²) in [6, 6.07) is 6.72. The van der Waals surface area contributed by atoms with Crippen molar-refractivity contribution in [1.29, 1.82) is 0 Å². The number of piperidine rings is 1. The van der Waals surface area contributed by atoms with Crippen LogP contribution in [0.3, 0.4) is 0 Å². The number of rotatable bonds is 1. The molecule has 0 spiro atoms. The summed E-state index contributed by atoms with van der Waals surface area (Å²) < 4.78 is 13.1. The zero-order valence-corrected chi connectivity index (χ0v) is 9.04. The summed E-state index contributed by atoms with van der Waals surface area (Å²) >= 11 is 0. The minimum atomic E-state index is -0.184. The summed E-state index contributed by atoms with van der Waals surface area (Å²) in [7, 11) is 0. The molecule has 0 aromatic heterocycles. The lowest BCUT2D eigenvalue weighted by Gasteiger charge is -2.39. The van der Waals surface area contributed by atoms with Crippen molar-refractivity contribution in [2.24, 2.45) is 5.73 Å². The fourth-order valence-corrected chi connectivity index (χ4v) is 2.16. The van der Waals surface area contributed by atoms with Gasteiger partial charge in [-0.25, -0.2) is 4.39 Å². The van der Waals surface area contributed by atoms with Crippen LogP contribution in [0.5, 0.6) is 0 Å². The van der Waals surface area contributed by atoms with Crippen molar-refractivity contribution in [3.05, 3.63) is 30.1 Å².